The average Bonchev–Trinajstić information content (AvgIpc) is 2.85. The number of benzene rings is 1. The summed E-state index contributed by atoms with van der Waals surface area (Å²) in [6.07, 6.45) is 0.184. The monoisotopic (exact) mass is 288 g/mol. The molecule has 104 valence electrons. The Morgan fingerprint density at radius 2 is 2.20 bits per heavy atom. The number of nitrogens with one attached hydrogen (secondary N) is 1. The number of carbonyl (C=O) groups is 1. The highest BCUT2D eigenvalue weighted by molar-refractivity contribution is 7.16. The Morgan fingerprint density at radius 3 is 3.00 bits per heavy atom. The quantitative estimate of drug-likeness (QED) is 0.909. The van der Waals surface area contributed by atoms with E-state index in [0.717, 1.165) is 21.0 Å². The van der Waals surface area contributed by atoms with Gasteiger partial charge in [-0.1, -0.05) is 30.3 Å². The standard InChI is InChI=1S/C15H16N2O2S/c16-14-7-11-6-12(19-9-13(11)20-14)15(18)17-8-10-4-2-1-3-5-10/h1-5,7,12H,6,8-9,16H2,(H,17,18). The van der Waals surface area contributed by atoms with Crippen LogP contribution in [0.25, 0.3) is 0 Å². The van der Waals surface area contributed by atoms with Crippen molar-refractivity contribution in [2.24, 2.45) is 0 Å². The summed E-state index contributed by atoms with van der Waals surface area (Å²) in [6, 6.07) is 11.8. The molecule has 3 rings (SSSR count). The first-order chi connectivity index (χ1) is 9.72. The van der Waals surface area contributed by atoms with Crippen LogP contribution in [0, 0.1) is 0 Å². The summed E-state index contributed by atoms with van der Waals surface area (Å²) in [6.45, 7) is 0.999. The molecule has 0 aliphatic carbocycles. The second-order valence-electron chi connectivity index (χ2n) is 4.80. The molecule has 0 spiro atoms. The van der Waals surface area contributed by atoms with E-state index in [9.17, 15) is 4.79 Å². The van der Waals surface area contributed by atoms with Gasteiger partial charge in [0.1, 0.15) is 6.10 Å². The van der Waals surface area contributed by atoms with Crippen LogP contribution in [-0.4, -0.2) is 12.0 Å². The highest BCUT2D eigenvalue weighted by atomic mass is 32.1. The maximum atomic E-state index is 12.1. The van der Waals surface area contributed by atoms with E-state index in [4.69, 9.17) is 10.5 Å². The number of nitrogens with two attached hydrogens (primary N) is 1. The molecule has 1 atom stereocenters. The molecule has 1 amide bonds. The SMILES string of the molecule is Nc1cc2c(s1)COC(C(=O)NCc1ccccc1)C2. The number of amides is 1. The predicted molar refractivity (Wildman–Crippen MR) is 79.3 cm³/mol. The zero-order chi connectivity index (χ0) is 13.9. The molecule has 4 nitrogen and oxygen atoms in total. The number of thiophene rings is 1. The average molecular weight is 288 g/mol. The lowest BCUT2D eigenvalue weighted by Crippen LogP contribution is -2.39. The van der Waals surface area contributed by atoms with E-state index < -0.39 is 6.10 Å². The van der Waals surface area contributed by atoms with Gasteiger partial charge in [0.2, 0.25) is 5.91 Å². The van der Waals surface area contributed by atoms with Crippen molar-refractivity contribution in [2.45, 2.75) is 25.7 Å². The number of ether oxygens (including phenoxy) is 1. The van der Waals surface area contributed by atoms with Gasteiger partial charge in [-0.25, -0.2) is 0 Å². The molecule has 0 radical (unpaired) electrons. The highest BCUT2D eigenvalue weighted by Crippen LogP contribution is 2.30. The van der Waals surface area contributed by atoms with Crippen molar-refractivity contribution in [3.05, 3.63) is 52.4 Å². The second kappa shape index (κ2) is 5.64. The van der Waals surface area contributed by atoms with Crippen molar-refractivity contribution < 1.29 is 9.53 Å². The van der Waals surface area contributed by atoms with Gasteiger partial charge < -0.3 is 15.8 Å². The van der Waals surface area contributed by atoms with Crippen molar-refractivity contribution in [2.75, 3.05) is 5.73 Å². The Hall–Kier alpha value is -1.85. The summed E-state index contributed by atoms with van der Waals surface area (Å²) in [7, 11) is 0. The molecule has 1 aliphatic heterocycles. The second-order valence-corrected chi connectivity index (χ2v) is 5.97. The molecule has 0 fully saturated rings. The van der Waals surface area contributed by atoms with Crippen LogP contribution in [0.1, 0.15) is 16.0 Å². The molecule has 20 heavy (non-hydrogen) atoms. The fraction of sp³-hybridized carbons (Fsp3) is 0.267. The lowest BCUT2D eigenvalue weighted by Gasteiger charge is -2.22. The van der Waals surface area contributed by atoms with E-state index in [1.54, 1.807) is 0 Å². The first kappa shape index (κ1) is 13.1. The van der Waals surface area contributed by atoms with E-state index in [2.05, 4.69) is 5.32 Å². The Labute approximate surface area is 121 Å². The molecule has 1 aromatic heterocycles. The van der Waals surface area contributed by atoms with E-state index in [1.807, 2.05) is 36.4 Å². The lowest BCUT2D eigenvalue weighted by molar-refractivity contribution is -0.134. The molecule has 3 N–H and O–H groups in total. The smallest absolute Gasteiger partial charge is 0.249 e. The molecule has 1 aliphatic rings. The van der Waals surface area contributed by atoms with E-state index in [-0.39, 0.29) is 5.91 Å². The van der Waals surface area contributed by atoms with Crippen LogP contribution < -0.4 is 11.1 Å². The van der Waals surface area contributed by atoms with Crippen LogP contribution in [0.3, 0.4) is 0 Å². The van der Waals surface area contributed by atoms with Gasteiger partial charge in [0, 0.05) is 17.8 Å². The minimum atomic E-state index is -0.416. The number of carbonyl (C=O) groups excluding carboxylic acids is 1. The van der Waals surface area contributed by atoms with Crippen LogP contribution in [0.4, 0.5) is 5.00 Å². The Bertz CT molecular complexity index is 610. The summed E-state index contributed by atoms with van der Waals surface area (Å²) in [5.74, 6) is -0.0655. The molecule has 5 heteroatoms. The normalized spacial score (nSPS) is 17.5. The van der Waals surface area contributed by atoms with Gasteiger partial charge >= 0.3 is 0 Å². The first-order valence-corrected chi connectivity index (χ1v) is 7.34. The zero-order valence-electron chi connectivity index (χ0n) is 11.0. The Balaban J connectivity index is 1.59. The molecule has 1 aromatic carbocycles. The minimum absolute atomic E-state index is 0.0655. The molecule has 0 bridgehead atoms. The van der Waals surface area contributed by atoms with Crippen LogP contribution in [0.5, 0.6) is 0 Å². The summed E-state index contributed by atoms with van der Waals surface area (Å²) < 4.78 is 5.61. The van der Waals surface area contributed by atoms with Crippen LogP contribution in [0.2, 0.25) is 0 Å². The van der Waals surface area contributed by atoms with Crippen molar-refractivity contribution in [3.63, 3.8) is 0 Å². The molecule has 1 unspecified atom stereocenters. The Morgan fingerprint density at radius 1 is 1.40 bits per heavy atom. The lowest BCUT2D eigenvalue weighted by atomic mass is 10.1. The molecular weight excluding hydrogens is 272 g/mol. The maximum absolute atomic E-state index is 12.1. The van der Waals surface area contributed by atoms with Crippen LogP contribution >= 0.6 is 11.3 Å². The predicted octanol–water partition coefficient (Wildman–Crippen LogP) is 2.09. The fourth-order valence-electron chi connectivity index (χ4n) is 2.29. The van der Waals surface area contributed by atoms with E-state index in [0.29, 0.717) is 19.6 Å². The van der Waals surface area contributed by atoms with Crippen molar-refractivity contribution in [1.29, 1.82) is 0 Å². The minimum Gasteiger partial charge on any atom is -0.391 e. The third-order valence-electron chi connectivity index (χ3n) is 3.34. The fourth-order valence-corrected chi connectivity index (χ4v) is 3.17. The molecule has 0 saturated heterocycles. The molecular formula is C15H16N2O2S. The van der Waals surface area contributed by atoms with Gasteiger partial charge in [-0.3, -0.25) is 4.79 Å². The number of rotatable bonds is 3. The summed E-state index contributed by atoms with van der Waals surface area (Å²) >= 11 is 1.54. The van der Waals surface area contributed by atoms with E-state index in [1.165, 1.54) is 11.3 Å². The Kier molecular flexibility index (Phi) is 3.71. The van der Waals surface area contributed by atoms with Crippen LogP contribution in [-0.2, 0) is 29.1 Å². The summed E-state index contributed by atoms with van der Waals surface area (Å²) in [5, 5.41) is 3.70. The van der Waals surface area contributed by atoms with E-state index >= 15 is 0 Å². The largest absolute Gasteiger partial charge is 0.391 e. The highest BCUT2D eigenvalue weighted by Gasteiger charge is 2.26. The van der Waals surface area contributed by atoms with Gasteiger partial charge in [0.15, 0.2) is 0 Å². The van der Waals surface area contributed by atoms with Gasteiger partial charge in [-0.15, -0.1) is 11.3 Å². The third kappa shape index (κ3) is 2.84. The van der Waals surface area contributed by atoms with Gasteiger partial charge in [-0.05, 0) is 17.2 Å². The van der Waals surface area contributed by atoms with Gasteiger partial charge in [0.05, 0.1) is 11.6 Å². The van der Waals surface area contributed by atoms with Gasteiger partial charge in [-0.2, -0.15) is 0 Å². The number of hydrogen-bond acceptors (Lipinski definition) is 4. The third-order valence-corrected chi connectivity index (χ3v) is 4.32. The topological polar surface area (TPSA) is 64.3 Å². The summed E-state index contributed by atoms with van der Waals surface area (Å²) in [4.78, 5) is 13.3. The van der Waals surface area contributed by atoms with Crippen molar-refractivity contribution in [3.8, 4) is 0 Å². The van der Waals surface area contributed by atoms with Gasteiger partial charge in [0.25, 0.3) is 0 Å². The summed E-state index contributed by atoms with van der Waals surface area (Å²) in [5.41, 5.74) is 8.00. The first-order valence-electron chi connectivity index (χ1n) is 6.52. The number of anilines is 1. The zero-order valence-corrected chi connectivity index (χ0v) is 11.8. The molecule has 2 heterocycles. The van der Waals surface area contributed by atoms with Crippen molar-refractivity contribution >= 4 is 22.2 Å². The molecule has 0 saturated carbocycles. The van der Waals surface area contributed by atoms with Crippen LogP contribution in [0.15, 0.2) is 36.4 Å². The maximum Gasteiger partial charge on any atom is 0.249 e. The number of nitrogen functional groups attached to an aromatic ring is 1. The number of hydrogen-bond donors (Lipinski definition) is 2. The molecule has 2 aromatic rings. The number of fused-ring (bicyclic) bond motifs is 1. The van der Waals surface area contributed by atoms with Crippen molar-refractivity contribution in [1.82, 2.24) is 5.32 Å².